The number of nitrogens with one attached hydrogen (secondary N) is 1. The molecular formula is C21H23BrN4O5S2. The number of benzene rings is 1. The average molecular weight is 555 g/mol. The molecule has 1 fully saturated rings. The zero-order chi connectivity index (χ0) is 23.6. The Morgan fingerprint density at radius 1 is 1.33 bits per heavy atom. The normalized spacial score (nSPS) is 19.0. The first-order valence-electron chi connectivity index (χ1n) is 10.3. The molecule has 1 aromatic carbocycles. The van der Waals surface area contributed by atoms with E-state index >= 15 is 0 Å². The van der Waals surface area contributed by atoms with Crippen LogP contribution in [-0.2, 0) is 19.7 Å². The molecule has 176 valence electrons. The Morgan fingerprint density at radius 2 is 2.15 bits per heavy atom. The van der Waals surface area contributed by atoms with Crippen molar-refractivity contribution in [2.24, 2.45) is 0 Å². The second-order valence-electron chi connectivity index (χ2n) is 7.68. The van der Waals surface area contributed by atoms with Gasteiger partial charge in [0.2, 0.25) is 0 Å². The largest absolute Gasteiger partial charge is 0.465 e. The number of aromatic nitrogens is 1. The molecule has 12 heteroatoms. The number of carbonyl (C=O) groups is 3. The highest BCUT2D eigenvalue weighted by atomic mass is 79.9. The first kappa shape index (κ1) is 23.8. The third-order valence-corrected chi connectivity index (χ3v) is 8.22. The first-order chi connectivity index (χ1) is 15.8. The van der Waals surface area contributed by atoms with E-state index in [1.807, 2.05) is 18.2 Å². The zero-order valence-electron chi connectivity index (χ0n) is 18.1. The number of methoxy groups -OCH3 is 1. The summed E-state index contributed by atoms with van der Waals surface area (Å²) in [6.45, 7) is 3.62. The number of carbonyl (C=O) groups excluding carboxylic acids is 3. The van der Waals surface area contributed by atoms with Crippen LogP contribution in [0, 0.1) is 0 Å². The fraction of sp³-hybridized carbons (Fsp3) is 0.429. The summed E-state index contributed by atoms with van der Waals surface area (Å²) in [4.78, 5) is 44.5. The minimum Gasteiger partial charge on any atom is -0.465 e. The van der Waals surface area contributed by atoms with E-state index in [1.54, 1.807) is 22.9 Å². The lowest BCUT2D eigenvalue weighted by Crippen LogP contribution is -2.41. The smallest absolute Gasteiger partial charge is 0.409 e. The minimum atomic E-state index is -0.359. The van der Waals surface area contributed by atoms with Gasteiger partial charge in [-0.2, -0.15) is 0 Å². The number of esters is 1. The van der Waals surface area contributed by atoms with Crippen LogP contribution >= 0.6 is 39.0 Å². The van der Waals surface area contributed by atoms with Crippen molar-refractivity contribution in [1.82, 2.24) is 9.88 Å². The van der Waals surface area contributed by atoms with Crippen LogP contribution in [0.5, 0.6) is 0 Å². The molecular weight excluding hydrogens is 532 g/mol. The summed E-state index contributed by atoms with van der Waals surface area (Å²) < 4.78 is 11.6. The van der Waals surface area contributed by atoms with E-state index in [1.165, 1.54) is 30.2 Å². The molecule has 1 N–H and O–H groups in total. The number of nitrogens with zero attached hydrogens (tertiary/aromatic N) is 3. The highest BCUT2D eigenvalue weighted by molar-refractivity contribution is 9.10. The van der Waals surface area contributed by atoms with Crippen molar-refractivity contribution >= 4 is 67.9 Å². The molecule has 0 radical (unpaired) electrons. The number of urea groups is 1. The molecule has 3 heterocycles. The number of thiazole rings is 1. The Morgan fingerprint density at radius 3 is 2.91 bits per heavy atom. The number of likely N-dealkylation sites (tertiary alicyclic amines) is 1. The van der Waals surface area contributed by atoms with Crippen LogP contribution in [-0.4, -0.2) is 67.1 Å². The summed E-state index contributed by atoms with van der Waals surface area (Å²) in [6, 6.07) is 5.55. The molecule has 9 nitrogen and oxygen atoms in total. The van der Waals surface area contributed by atoms with Crippen LogP contribution in [0.4, 0.5) is 20.4 Å². The van der Waals surface area contributed by atoms with E-state index in [4.69, 9.17) is 9.47 Å². The van der Waals surface area contributed by atoms with Crippen molar-refractivity contribution in [3.05, 3.63) is 34.4 Å². The SMILES string of the molecule is CCOC(=O)CSc1cnc(NC(=O)N2C[C@]3(CCN(C(=O)OC)C3)c3cc(Br)ccc32)s1. The van der Waals surface area contributed by atoms with E-state index in [0.717, 1.165) is 26.4 Å². The highest BCUT2D eigenvalue weighted by Gasteiger charge is 2.50. The topological polar surface area (TPSA) is 101 Å². The lowest BCUT2D eigenvalue weighted by Gasteiger charge is -2.25. The van der Waals surface area contributed by atoms with Gasteiger partial charge in [0.05, 0.1) is 29.9 Å². The third kappa shape index (κ3) is 4.97. The molecule has 1 saturated heterocycles. The number of amides is 3. The summed E-state index contributed by atoms with van der Waals surface area (Å²) in [6.07, 6.45) is 2.01. The molecule has 2 aromatic rings. The number of halogens is 1. The van der Waals surface area contributed by atoms with E-state index < -0.39 is 0 Å². The van der Waals surface area contributed by atoms with Crippen LogP contribution in [0.2, 0.25) is 0 Å². The molecule has 2 aliphatic heterocycles. The maximum atomic E-state index is 13.2. The first-order valence-corrected chi connectivity index (χ1v) is 12.9. The van der Waals surface area contributed by atoms with E-state index in [9.17, 15) is 14.4 Å². The number of ether oxygens (including phenoxy) is 2. The van der Waals surface area contributed by atoms with E-state index in [0.29, 0.717) is 31.4 Å². The van der Waals surface area contributed by atoms with Crippen LogP contribution in [0.1, 0.15) is 18.9 Å². The molecule has 1 atom stereocenters. The quantitative estimate of drug-likeness (QED) is 0.433. The number of rotatable bonds is 5. The van der Waals surface area contributed by atoms with Gasteiger partial charge in [-0.05, 0) is 37.1 Å². The summed E-state index contributed by atoms with van der Waals surface area (Å²) in [5, 5.41) is 3.32. The van der Waals surface area contributed by atoms with Gasteiger partial charge >= 0.3 is 18.1 Å². The molecule has 0 aliphatic carbocycles. The summed E-state index contributed by atoms with van der Waals surface area (Å²) in [7, 11) is 1.37. The molecule has 3 amide bonds. The minimum absolute atomic E-state index is 0.191. The van der Waals surface area contributed by atoms with Crippen molar-refractivity contribution in [2.45, 2.75) is 23.0 Å². The van der Waals surface area contributed by atoms with Gasteiger partial charge in [0, 0.05) is 35.2 Å². The lowest BCUT2D eigenvalue weighted by molar-refractivity contribution is -0.139. The molecule has 2 aliphatic rings. The number of anilines is 2. The van der Waals surface area contributed by atoms with Gasteiger partial charge in [-0.25, -0.2) is 14.6 Å². The maximum Gasteiger partial charge on any atom is 0.409 e. The lowest BCUT2D eigenvalue weighted by atomic mass is 9.82. The number of hydrogen-bond acceptors (Lipinski definition) is 8. The van der Waals surface area contributed by atoms with E-state index in [2.05, 4.69) is 26.2 Å². The van der Waals surface area contributed by atoms with Crippen molar-refractivity contribution in [3.8, 4) is 0 Å². The van der Waals surface area contributed by atoms with E-state index in [-0.39, 0.29) is 29.3 Å². The summed E-state index contributed by atoms with van der Waals surface area (Å²) in [5.41, 5.74) is 1.49. The maximum absolute atomic E-state index is 13.2. The van der Waals surface area contributed by atoms with Crippen LogP contribution in [0.15, 0.2) is 33.1 Å². The summed E-state index contributed by atoms with van der Waals surface area (Å²) >= 11 is 6.16. The van der Waals surface area contributed by atoms with Gasteiger partial charge in [0.25, 0.3) is 0 Å². The Kier molecular flexibility index (Phi) is 7.15. The monoisotopic (exact) mass is 554 g/mol. The van der Waals surface area contributed by atoms with Crippen LogP contribution < -0.4 is 10.2 Å². The highest BCUT2D eigenvalue weighted by Crippen LogP contribution is 2.47. The standard InChI is InChI=1S/C21H23BrN4O5S2/c1-3-31-16(27)10-32-17-9-23-18(33-17)24-19(28)26-12-21(6-7-25(11-21)20(29)30-2)14-8-13(22)4-5-15(14)26/h4-5,8-9H,3,6-7,10-12H2,1-2H3,(H,23,24,28)/t21-/m1/s1. The molecule has 33 heavy (non-hydrogen) atoms. The van der Waals surface area contributed by atoms with Crippen molar-refractivity contribution < 1.29 is 23.9 Å². The second-order valence-corrected chi connectivity index (χ2v) is 10.9. The van der Waals surface area contributed by atoms with Crippen molar-refractivity contribution in [2.75, 3.05) is 49.3 Å². The Bertz CT molecular complexity index is 1080. The Labute approximate surface area is 207 Å². The third-order valence-electron chi connectivity index (χ3n) is 5.65. The fourth-order valence-corrected chi connectivity index (χ4v) is 6.23. The number of thioether (sulfide) groups is 1. The average Bonchev–Trinajstić information content (AvgIpc) is 3.51. The van der Waals surface area contributed by atoms with Crippen LogP contribution in [0.25, 0.3) is 0 Å². The van der Waals surface area contributed by atoms with Crippen LogP contribution in [0.3, 0.4) is 0 Å². The van der Waals surface area contributed by atoms with Gasteiger partial charge in [-0.1, -0.05) is 27.3 Å². The van der Waals surface area contributed by atoms with Gasteiger partial charge in [-0.3, -0.25) is 15.0 Å². The van der Waals surface area contributed by atoms with Gasteiger partial charge in [0.15, 0.2) is 5.13 Å². The van der Waals surface area contributed by atoms with Gasteiger partial charge < -0.3 is 14.4 Å². The van der Waals surface area contributed by atoms with Crippen molar-refractivity contribution in [1.29, 1.82) is 0 Å². The number of fused-ring (bicyclic) bond motifs is 2. The molecule has 1 spiro atoms. The molecule has 0 unspecified atom stereocenters. The predicted molar refractivity (Wildman–Crippen MR) is 130 cm³/mol. The molecule has 0 bridgehead atoms. The molecule has 4 rings (SSSR count). The van der Waals surface area contributed by atoms with Gasteiger partial charge in [0.1, 0.15) is 0 Å². The molecule has 1 aromatic heterocycles. The Hall–Kier alpha value is -2.31. The predicted octanol–water partition coefficient (Wildman–Crippen LogP) is 4.32. The van der Waals surface area contributed by atoms with Crippen molar-refractivity contribution in [3.63, 3.8) is 0 Å². The number of hydrogen-bond donors (Lipinski definition) is 1. The Balaban J connectivity index is 1.48. The molecule has 0 saturated carbocycles. The second kappa shape index (κ2) is 9.90. The zero-order valence-corrected chi connectivity index (χ0v) is 21.3. The van der Waals surface area contributed by atoms with Gasteiger partial charge in [-0.15, -0.1) is 11.8 Å². The fourth-order valence-electron chi connectivity index (χ4n) is 4.20. The summed E-state index contributed by atoms with van der Waals surface area (Å²) in [5.74, 6) is -0.0963.